The van der Waals surface area contributed by atoms with E-state index in [9.17, 15) is 9.59 Å². The number of amides is 1. The number of esters is 1. The maximum atomic E-state index is 13.2. The Morgan fingerprint density at radius 2 is 1.69 bits per heavy atom. The number of carbonyl (C=O) groups excluding carboxylic acids is 2. The van der Waals surface area contributed by atoms with Gasteiger partial charge in [-0.15, -0.1) is 0 Å². The molecule has 0 spiro atoms. The third kappa shape index (κ3) is 6.31. The monoisotopic (exact) mass is 498 g/mol. The van der Waals surface area contributed by atoms with Crippen LogP contribution in [0.2, 0.25) is 0 Å². The number of piperidine rings is 1. The highest BCUT2D eigenvalue weighted by atomic mass is 16.6. The molecule has 0 N–H and O–H groups in total. The second kappa shape index (κ2) is 10.8. The van der Waals surface area contributed by atoms with Gasteiger partial charge in [-0.2, -0.15) is 0 Å². The quantitative estimate of drug-likeness (QED) is 0.448. The summed E-state index contributed by atoms with van der Waals surface area (Å²) in [6.45, 7) is 11.6. The van der Waals surface area contributed by atoms with E-state index in [4.69, 9.17) is 9.47 Å². The van der Waals surface area contributed by atoms with Crippen LogP contribution in [-0.4, -0.2) is 73.2 Å². The molecule has 2 aliphatic carbocycles. The minimum atomic E-state index is -0.460. The smallest absolute Gasteiger partial charge is 0.313 e. The normalized spacial score (nSPS) is 25.4. The van der Waals surface area contributed by atoms with Gasteiger partial charge in [0.1, 0.15) is 5.60 Å². The predicted octanol–water partition coefficient (Wildman–Crippen LogP) is 5.02. The van der Waals surface area contributed by atoms with Crippen molar-refractivity contribution in [3.8, 4) is 0 Å². The molecular formula is C30H46N2O4. The molecule has 0 bridgehead atoms. The Bertz CT molecular complexity index is 895. The highest BCUT2D eigenvalue weighted by Gasteiger charge is 2.49. The average Bonchev–Trinajstić information content (AvgIpc) is 3.47. The van der Waals surface area contributed by atoms with Gasteiger partial charge in [0.25, 0.3) is 0 Å². The van der Waals surface area contributed by atoms with E-state index >= 15 is 0 Å². The number of ether oxygens (including phenoxy) is 2. The van der Waals surface area contributed by atoms with E-state index in [1.807, 2.05) is 26.8 Å². The summed E-state index contributed by atoms with van der Waals surface area (Å²) < 4.78 is 11.6. The van der Waals surface area contributed by atoms with Crippen molar-refractivity contribution in [1.29, 1.82) is 0 Å². The third-order valence-electron chi connectivity index (χ3n) is 8.58. The highest BCUT2D eigenvalue weighted by Crippen LogP contribution is 2.47. The van der Waals surface area contributed by atoms with Gasteiger partial charge in [-0.3, -0.25) is 9.59 Å². The fraction of sp³-hybridized carbons (Fsp3) is 0.733. The van der Waals surface area contributed by atoms with Crippen LogP contribution in [0.15, 0.2) is 30.3 Å². The van der Waals surface area contributed by atoms with Crippen molar-refractivity contribution in [2.45, 2.75) is 90.2 Å². The van der Waals surface area contributed by atoms with Crippen LogP contribution < -0.4 is 0 Å². The lowest BCUT2D eigenvalue weighted by atomic mass is 9.77. The summed E-state index contributed by atoms with van der Waals surface area (Å²) in [6.07, 6.45) is 7.01. The Morgan fingerprint density at radius 3 is 2.25 bits per heavy atom. The maximum Gasteiger partial charge on any atom is 0.313 e. The molecule has 0 aromatic heterocycles. The third-order valence-corrected chi connectivity index (χ3v) is 8.58. The Balaban J connectivity index is 1.40. The topological polar surface area (TPSA) is 59.1 Å². The van der Waals surface area contributed by atoms with Gasteiger partial charge in [-0.05, 0) is 71.5 Å². The summed E-state index contributed by atoms with van der Waals surface area (Å²) in [6, 6.07) is 10.8. The molecule has 4 rings (SSSR count). The molecule has 2 saturated carbocycles. The Labute approximate surface area is 217 Å². The molecule has 1 unspecified atom stereocenters. The standard InChI is InChI=1S/C30H46N2O4/c1-23(33)32(26-19-25(26)24-11-7-6-8-12-24)20-29(22-35-5)15-17-31(18-16-29)21-30(13-9-10-14-30)27(34)36-28(2,3)4/h6-8,11-12,25-26H,9-10,13-22H2,1-5H3/t25?,26-/m1/s1. The van der Waals surface area contributed by atoms with Crippen LogP contribution in [0.5, 0.6) is 0 Å². The first kappa shape index (κ1) is 27.1. The van der Waals surface area contributed by atoms with Crippen molar-refractivity contribution in [2.24, 2.45) is 10.8 Å². The van der Waals surface area contributed by atoms with Gasteiger partial charge in [-0.1, -0.05) is 43.2 Å². The number of benzene rings is 1. The summed E-state index contributed by atoms with van der Waals surface area (Å²) in [4.78, 5) is 30.6. The molecule has 36 heavy (non-hydrogen) atoms. The number of nitrogens with zero attached hydrogens (tertiary/aromatic N) is 2. The molecule has 0 radical (unpaired) electrons. The zero-order valence-corrected chi connectivity index (χ0v) is 23.1. The van der Waals surface area contributed by atoms with Crippen LogP contribution in [0.1, 0.15) is 84.1 Å². The molecule has 6 heteroatoms. The Kier molecular flexibility index (Phi) is 8.16. The van der Waals surface area contributed by atoms with E-state index in [-0.39, 0.29) is 28.7 Å². The maximum absolute atomic E-state index is 13.2. The van der Waals surface area contributed by atoms with E-state index in [1.54, 1.807) is 14.0 Å². The summed E-state index contributed by atoms with van der Waals surface area (Å²) in [7, 11) is 1.77. The minimum Gasteiger partial charge on any atom is -0.460 e. The Morgan fingerprint density at radius 1 is 1.06 bits per heavy atom. The van der Waals surface area contributed by atoms with Gasteiger partial charge in [-0.25, -0.2) is 0 Å². The summed E-state index contributed by atoms with van der Waals surface area (Å²) in [5.41, 5.74) is 0.443. The molecule has 1 amide bonds. The largest absolute Gasteiger partial charge is 0.460 e. The molecule has 3 fully saturated rings. The SMILES string of the molecule is COCC1(CN(C(C)=O)[C@@H]2CC2c2ccccc2)CCN(CC2(C(=O)OC(C)(C)C)CCCC2)CC1. The molecule has 2 atom stereocenters. The average molecular weight is 499 g/mol. The molecule has 6 nitrogen and oxygen atoms in total. The number of methoxy groups -OCH3 is 1. The lowest BCUT2D eigenvalue weighted by Crippen LogP contribution is -2.53. The van der Waals surface area contributed by atoms with Gasteiger partial charge in [0.2, 0.25) is 5.91 Å². The lowest BCUT2D eigenvalue weighted by Gasteiger charge is -2.46. The van der Waals surface area contributed by atoms with Gasteiger partial charge in [0.15, 0.2) is 0 Å². The second-order valence-corrected chi connectivity index (χ2v) is 12.7. The van der Waals surface area contributed by atoms with E-state index in [0.717, 1.165) is 71.1 Å². The fourth-order valence-electron chi connectivity index (χ4n) is 6.54. The van der Waals surface area contributed by atoms with E-state index in [2.05, 4.69) is 34.1 Å². The second-order valence-electron chi connectivity index (χ2n) is 12.7. The lowest BCUT2D eigenvalue weighted by molar-refractivity contribution is -0.169. The van der Waals surface area contributed by atoms with E-state index in [1.165, 1.54) is 5.56 Å². The van der Waals surface area contributed by atoms with Crippen LogP contribution in [0.25, 0.3) is 0 Å². The molecule has 3 aliphatic rings. The van der Waals surface area contributed by atoms with Crippen molar-refractivity contribution >= 4 is 11.9 Å². The minimum absolute atomic E-state index is 0.0235. The molecule has 200 valence electrons. The van der Waals surface area contributed by atoms with Crippen molar-refractivity contribution in [2.75, 3.05) is 39.9 Å². The molecular weight excluding hydrogens is 452 g/mol. The molecule has 1 heterocycles. The number of carbonyl (C=O) groups is 2. The van der Waals surface area contributed by atoms with Crippen molar-refractivity contribution in [1.82, 2.24) is 9.80 Å². The van der Waals surface area contributed by atoms with Crippen LogP contribution in [0, 0.1) is 10.8 Å². The molecule has 1 aromatic carbocycles. The summed E-state index contributed by atoms with van der Waals surface area (Å²) in [5, 5.41) is 0. The van der Waals surface area contributed by atoms with Crippen molar-refractivity contribution in [3.63, 3.8) is 0 Å². The van der Waals surface area contributed by atoms with Crippen molar-refractivity contribution < 1.29 is 19.1 Å². The molecule has 1 saturated heterocycles. The van der Waals surface area contributed by atoms with E-state index < -0.39 is 5.60 Å². The summed E-state index contributed by atoms with van der Waals surface area (Å²) >= 11 is 0. The summed E-state index contributed by atoms with van der Waals surface area (Å²) in [5.74, 6) is 0.571. The van der Waals surface area contributed by atoms with E-state index in [0.29, 0.717) is 12.5 Å². The molecule has 1 aromatic rings. The fourth-order valence-corrected chi connectivity index (χ4v) is 6.54. The zero-order valence-electron chi connectivity index (χ0n) is 23.1. The van der Waals surface area contributed by atoms with Crippen LogP contribution in [0.3, 0.4) is 0 Å². The number of hydrogen-bond acceptors (Lipinski definition) is 5. The molecule has 1 aliphatic heterocycles. The highest BCUT2D eigenvalue weighted by molar-refractivity contribution is 5.78. The van der Waals surface area contributed by atoms with Gasteiger partial charge >= 0.3 is 5.97 Å². The van der Waals surface area contributed by atoms with Gasteiger partial charge < -0.3 is 19.3 Å². The Hall–Kier alpha value is -1.92. The predicted molar refractivity (Wildman–Crippen MR) is 142 cm³/mol. The zero-order chi connectivity index (χ0) is 26.0. The first-order valence-corrected chi connectivity index (χ1v) is 13.8. The van der Waals surface area contributed by atoms with Gasteiger partial charge in [0.05, 0.1) is 12.0 Å². The van der Waals surface area contributed by atoms with Crippen LogP contribution in [0.4, 0.5) is 0 Å². The first-order valence-electron chi connectivity index (χ1n) is 13.8. The first-order chi connectivity index (χ1) is 17.1. The number of hydrogen-bond donors (Lipinski definition) is 0. The number of rotatable bonds is 9. The van der Waals surface area contributed by atoms with Crippen LogP contribution >= 0.6 is 0 Å². The van der Waals surface area contributed by atoms with Crippen LogP contribution in [-0.2, 0) is 19.1 Å². The number of likely N-dealkylation sites (tertiary alicyclic amines) is 1. The van der Waals surface area contributed by atoms with Crippen molar-refractivity contribution in [3.05, 3.63) is 35.9 Å². The van der Waals surface area contributed by atoms with Gasteiger partial charge in [0, 0.05) is 44.5 Å².